The Morgan fingerprint density at radius 1 is 1.19 bits per heavy atom. The smallest absolute Gasteiger partial charge is 0.126 e. The van der Waals surface area contributed by atoms with Crippen molar-refractivity contribution < 1.29 is 9.13 Å². The molecule has 1 aromatic heterocycles. The monoisotopic (exact) mass is 217 g/mol. The maximum absolute atomic E-state index is 13.0. The summed E-state index contributed by atoms with van der Waals surface area (Å²) < 4.78 is 18.3. The van der Waals surface area contributed by atoms with Crippen LogP contribution in [0, 0.1) is 5.82 Å². The van der Waals surface area contributed by atoms with E-state index in [-0.39, 0.29) is 5.82 Å². The average Bonchev–Trinajstić information content (AvgIpc) is 2.30. The van der Waals surface area contributed by atoms with Crippen molar-refractivity contribution in [1.82, 2.24) is 4.98 Å². The number of pyridine rings is 1. The molecule has 0 aliphatic carbocycles. The standard InChI is InChI=1S/C13H12FNO/c1-2-16-12-5-3-10(4-6-12)13-9-11(14)7-8-15-13/h3-9H,2H2,1H3. The molecule has 0 saturated carbocycles. The Kier molecular flexibility index (Phi) is 3.15. The van der Waals surface area contributed by atoms with Crippen molar-refractivity contribution in [2.24, 2.45) is 0 Å². The lowest BCUT2D eigenvalue weighted by Crippen LogP contribution is -1.91. The highest BCUT2D eigenvalue weighted by atomic mass is 19.1. The molecule has 0 radical (unpaired) electrons. The highest BCUT2D eigenvalue weighted by Crippen LogP contribution is 2.20. The summed E-state index contributed by atoms with van der Waals surface area (Å²) in [6.07, 6.45) is 1.46. The summed E-state index contributed by atoms with van der Waals surface area (Å²) in [6, 6.07) is 10.2. The van der Waals surface area contributed by atoms with Gasteiger partial charge in [-0.2, -0.15) is 0 Å². The van der Waals surface area contributed by atoms with Crippen LogP contribution in [0.5, 0.6) is 5.75 Å². The molecule has 0 aliphatic heterocycles. The molecule has 0 spiro atoms. The van der Waals surface area contributed by atoms with E-state index >= 15 is 0 Å². The minimum Gasteiger partial charge on any atom is -0.494 e. The number of nitrogens with zero attached hydrogens (tertiary/aromatic N) is 1. The number of hydrogen-bond donors (Lipinski definition) is 0. The molecule has 0 saturated heterocycles. The molecule has 0 bridgehead atoms. The van der Waals surface area contributed by atoms with Gasteiger partial charge in [0.05, 0.1) is 12.3 Å². The summed E-state index contributed by atoms with van der Waals surface area (Å²) in [4.78, 5) is 4.10. The summed E-state index contributed by atoms with van der Waals surface area (Å²) in [7, 11) is 0. The zero-order chi connectivity index (χ0) is 11.4. The van der Waals surface area contributed by atoms with Gasteiger partial charge >= 0.3 is 0 Å². The van der Waals surface area contributed by atoms with Crippen LogP contribution in [0.3, 0.4) is 0 Å². The summed E-state index contributed by atoms with van der Waals surface area (Å²) in [5.41, 5.74) is 1.51. The molecule has 0 aliphatic rings. The Morgan fingerprint density at radius 2 is 1.94 bits per heavy atom. The van der Waals surface area contributed by atoms with Crippen LogP contribution < -0.4 is 4.74 Å². The third-order valence-electron chi connectivity index (χ3n) is 2.18. The number of benzene rings is 1. The summed E-state index contributed by atoms with van der Waals surface area (Å²) >= 11 is 0. The molecule has 0 atom stereocenters. The molecule has 82 valence electrons. The largest absolute Gasteiger partial charge is 0.494 e. The minimum absolute atomic E-state index is 0.279. The molecule has 2 nitrogen and oxygen atoms in total. The molecular formula is C13H12FNO. The van der Waals surface area contributed by atoms with Crippen LogP contribution >= 0.6 is 0 Å². The first-order chi connectivity index (χ1) is 7.79. The maximum Gasteiger partial charge on any atom is 0.126 e. The fourth-order valence-electron chi connectivity index (χ4n) is 1.45. The second-order valence-electron chi connectivity index (χ2n) is 3.32. The maximum atomic E-state index is 13.0. The van der Waals surface area contributed by atoms with Crippen molar-refractivity contribution in [2.75, 3.05) is 6.61 Å². The van der Waals surface area contributed by atoms with Gasteiger partial charge in [0.1, 0.15) is 11.6 Å². The van der Waals surface area contributed by atoms with E-state index in [0.29, 0.717) is 12.3 Å². The van der Waals surface area contributed by atoms with Crippen molar-refractivity contribution in [1.29, 1.82) is 0 Å². The van der Waals surface area contributed by atoms with E-state index in [2.05, 4.69) is 4.98 Å². The van der Waals surface area contributed by atoms with Gasteiger partial charge in [-0.1, -0.05) is 0 Å². The second-order valence-corrected chi connectivity index (χ2v) is 3.32. The lowest BCUT2D eigenvalue weighted by molar-refractivity contribution is 0.340. The predicted octanol–water partition coefficient (Wildman–Crippen LogP) is 3.29. The summed E-state index contributed by atoms with van der Waals surface area (Å²) in [5.74, 6) is 0.529. The minimum atomic E-state index is -0.279. The zero-order valence-corrected chi connectivity index (χ0v) is 8.98. The molecule has 0 amide bonds. The summed E-state index contributed by atoms with van der Waals surface area (Å²) in [5, 5.41) is 0. The summed E-state index contributed by atoms with van der Waals surface area (Å²) in [6.45, 7) is 2.57. The second kappa shape index (κ2) is 4.75. The van der Waals surface area contributed by atoms with Gasteiger partial charge in [0.2, 0.25) is 0 Å². The molecule has 16 heavy (non-hydrogen) atoms. The average molecular weight is 217 g/mol. The van der Waals surface area contributed by atoms with E-state index in [1.807, 2.05) is 31.2 Å². The molecule has 0 N–H and O–H groups in total. The Morgan fingerprint density at radius 3 is 2.56 bits per heavy atom. The van der Waals surface area contributed by atoms with E-state index in [0.717, 1.165) is 11.3 Å². The number of aromatic nitrogens is 1. The first-order valence-corrected chi connectivity index (χ1v) is 5.14. The topological polar surface area (TPSA) is 22.1 Å². The molecule has 0 fully saturated rings. The van der Waals surface area contributed by atoms with Gasteiger partial charge in [-0.05, 0) is 37.3 Å². The molecule has 1 aromatic carbocycles. The Bertz CT molecular complexity index is 468. The Labute approximate surface area is 93.7 Å². The number of rotatable bonds is 3. The van der Waals surface area contributed by atoms with E-state index in [9.17, 15) is 4.39 Å². The lowest BCUT2D eigenvalue weighted by Gasteiger charge is -2.04. The number of hydrogen-bond acceptors (Lipinski definition) is 2. The predicted molar refractivity (Wildman–Crippen MR) is 60.8 cm³/mol. The normalized spacial score (nSPS) is 10.1. The lowest BCUT2D eigenvalue weighted by atomic mass is 10.1. The van der Waals surface area contributed by atoms with Crippen LogP contribution in [0.15, 0.2) is 42.6 Å². The van der Waals surface area contributed by atoms with Crippen LogP contribution in [-0.2, 0) is 0 Å². The van der Waals surface area contributed by atoms with E-state index in [1.54, 1.807) is 0 Å². The molecule has 2 aromatic rings. The van der Waals surface area contributed by atoms with Gasteiger partial charge in [-0.15, -0.1) is 0 Å². The Hall–Kier alpha value is -1.90. The first-order valence-electron chi connectivity index (χ1n) is 5.14. The SMILES string of the molecule is CCOc1ccc(-c2cc(F)ccn2)cc1. The first kappa shape index (κ1) is 10.6. The van der Waals surface area contributed by atoms with Gasteiger partial charge in [0.15, 0.2) is 0 Å². The molecule has 3 heteroatoms. The number of halogens is 1. The van der Waals surface area contributed by atoms with Crippen molar-refractivity contribution in [3.63, 3.8) is 0 Å². The van der Waals surface area contributed by atoms with Crippen molar-refractivity contribution in [3.8, 4) is 17.0 Å². The van der Waals surface area contributed by atoms with E-state index < -0.39 is 0 Å². The quantitative estimate of drug-likeness (QED) is 0.787. The van der Waals surface area contributed by atoms with Crippen molar-refractivity contribution >= 4 is 0 Å². The Balaban J connectivity index is 2.27. The van der Waals surface area contributed by atoms with Crippen molar-refractivity contribution in [2.45, 2.75) is 6.92 Å². The zero-order valence-electron chi connectivity index (χ0n) is 8.98. The van der Waals surface area contributed by atoms with Gasteiger partial charge in [-0.3, -0.25) is 4.98 Å². The third-order valence-corrected chi connectivity index (χ3v) is 2.18. The van der Waals surface area contributed by atoms with E-state index in [1.165, 1.54) is 18.3 Å². The molecule has 2 rings (SSSR count). The van der Waals surface area contributed by atoms with E-state index in [4.69, 9.17) is 4.74 Å². The van der Waals surface area contributed by atoms with Crippen LogP contribution in [0.25, 0.3) is 11.3 Å². The molecular weight excluding hydrogens is 205 g/mol. The van der Waals surface area contributed by atoms with Gasteiger partial charge < -0.3 is 4.74 Å². The van der Waals surface area contributed by atoms with Crippen LogP contribution in [0.2, 0.25) is 0 Å². The van der Waals surface area contributed by atoms with Gasteiger partial charge in [-0.25, -0.2) is 4.39 Å². The van der Waals surface area contributed by atoms with Gasteiger partial charge in [0.25, 0.3) is 0 Å². The molecule has 0 unspecified atom stereocenters. The van der Waals surface area contributed by atoms with Crippen LogP contribution in [-0.4, -0.2) is 11.6 Å². The fourth-order valence-corrected chi connectivity index (χ4v) is 1.45. The van der Waals surface area contributed by atoms with Gasteiger partial charge in [0, 0.05) is 17.8 Å². The highest BCUT2D eigenvalue weighted by Gasteiger charge is 2.00. The van der Waals surface area contributed by atoms with Crippen molar-refractivity contribution in [3.05, 3.63) is 48.4 Å². The highest BCUT2D eigenvalue weighted by molar-refractivity contribution is 5.59. The van der Waals surface area contributed by atoms with Crippen LogP contribution in [0.1, 0.15) is 6.92 Å². The number of ether oxygens (including phenoxy) is 1. The van der Waals surface area contributed by atoms with Crippen LogP contribution in [0.4, 0.5) is 4.39 Å². The third kappa shape index (κ3) is 2.37. The fraction of sp³-hybridized carbons (Fsp3) is 0.154. The molecule has 1 heterocycles.